The maximum atomic E-state index is 11.8. The molecule has 0 saturated heterocycles. The van der Waals surface area contributed by atoms with Gasteiger partial charge in [-0.25, -0.2) is 4.79 Å². The molecular weight excluding hydrogens is 274 g/mol. The highest BCUT2D eigenvalue weighted by Crippen LogP contribution is 2.22. The summed E-state index contributed by atoms with van der Waals surface area (Å²) in [5.41, 5.74) is 2.30. The summed E-state index contributed by atoms with van der Waals surface area (Å²) >= 11 is 1.06. The molecule has 1 amide bonds. The van der Waals surface area contributed by atoms with Gasteiger partial charge in [0.1, 0.15) is 4.88 Å². The molecule has 1 heterocycles. The number of carboxylic acid groups (broad SMARTS) is 1. The second-order valence-electron chi connectivity index (χ2n) is 4.51. The number of aromatic carboxylic acids is 1. The summed E-state index contributed by atoms with van der Waals surface area (Å²) in [5.74, 6) is -1.08. The standard InChI is InChI=1S/C15H15NO3S/c1-10-3-2-4-11(9-10)5-7-13(17)16-14-8-6-12(20-14)15(18)19/h2-4,6,8-9H,5,7H2,1H3,(H,16,17)(H,18,19). The van der Waals surface area contributed by atoms with Crippen LogP contribution >= 0.6 is 11.3 Å². The summed E-state index contributed by atoms with van der Waals surface area (Å²) in [6, 6.07) is 11.1. The lowest BCUT2D eigenvalue weighted by Gasteiger charge is -2.03. The molecule has 2 aromatic rings. The van der Waals surface area contributed by atoms with Gasteiger partial charge in [0.25, 0.3) is 0 Å². The topological polar surface area (TPSA) is 66.4 Å². The van der Waals surface area contributed by atoms with Gasteiger partial charge in [-0.1, -0.05) is 29.8 Å². The molecule has 0 bridgehead atoms. The minimum absolute atomic E-state index is 0.106. The van der Waals surface area contributed by atoms with Crippen LogP contribution in [0.1, 0.15) is 27.2 Å². The van der Waals surface area contributed by atoms with Gasteiger partial charge >= 0.3 is 5.97 Å². The Morgan fingerprint density at radius 3 is 2.70 bits per heavy atom. The molecule has 0 atom stereocenters. The van der Waals surface area contributed by atoms with Crippen LogP contribution in [0.25, 0.3) is 0 Å². The third-order valence-corrected chi connectivity index (χ3v) is 3.79. The summed E-state index contributed by atoms with van der Waals surface area (Å²) < 4.78 is 0. The second kappa shape index (κ2) is 6.34. The highest BCUT2D eigenvalue weighted by Gasteiger charge is 2.09. The van der Waals surface area contributed by atoms with Crippen molar-refractivity contribution in [2.45, 2.75) is 19.8 Å². The molecule has 0 aliphatic rings. The Labute approximate surface area is 121 Å². The summed E-state index contributed by atoms with van der Waals surface area (Å²) in [6.45, 7) is 2.02. The van der Waals surface area contributed by atoms with Crippen LogP contribution in [0.5, 0.6) is 0 Å². The lowest BCUT2D eigenvalue weighted by atomic mass is 10.1. The van der Waals surface area contributed by atoms with Gasteiger partial charge in [-0.15, -0.1) is 11.3 Å². The number of rotatable bonds is 5. The van der Waals surface area contributed by atoms with Crippen LogP contribution in [0.4, 0.5) is 5.00 Å². The van der Waals surface area contributed by atoms with Crippen molar-refractivity contribution < 1.29 is 14.7 Å². The molecule has 1 aromatic heterocycles. The van der Waals surface area contributed by atoms with E-state index in [4.69, 9.17) is 5.11 Å². The smallest absolute Gasteiger partial charge is 0.345 e. The summed E-state index contributed by atoms with van der Waals surface area (Å²) in [7, 11) is 0. The van der Waals surface area contributed by atoms with E-state index >= 15 is 0 Å². The number of thiophene rings is 1. The highest BCUT2D eigenvalue weighted by atomic mass is 32.1. The predicted octanol–water partition coefficient (Wildman–Crippen LogP) is 3.33. The van der Waals surface area contributed by atoms with Crippen molar-refractivity contribution in [2.75, 3.05) is 5.32 Å². The molecule has 0 radical (unpaired) electrons. The molecule has 2 N–H and O–H groups in total. The van der Waals surface area contributed by atoms with Crippen LogP contribution in [-0.2, 0) is 11.2 Å². The molecule has 0 aliphatic heterocycles. The Balaban J connectivity index is 1.87. The van der Waals surface area contributed by atoms with Crippen LogP contribution in [0, 0.1) is 6.92 Å². The van der Waals surface area contributed by atoms with Crippen LogP contribution in [-0.4, -0.2) is 17.0 Å². The Morgan fingerprint density at radius 2 is 2.05 bits per heavy atom. The molecule has 0 saturated carbocycles. The molecule has 0 aliphatic carbocycles. The fourth-order valence-electron chi connectivity index (χ4n) is 1.85. The van der Waals surface area contributed by atoms with E-state index in [1.54, 1.807) is 6.07 Å². The number of hydrogen-bond acceptors (Lipinski definition) is 3. The fraction of sp³-hybridized carbons (Fsp3) is 0.200. The van der Waals surface area contributed by atoms with Gasteiger partial charge in [0.2, 0.25) is 5.91 Å². The zero-order valence-corrected chi connectivity index (χ0v) is 11.9. The van der Waals surface area contributed by atoms with E-state index in [0.717, 1.165) is 16.9 Å². The zero-order chi connectivity index (χ0) is 14.5. The lowest BCUT2D eigenvalue weighted by Crippen LogP contribution is -2.11. The fourth-order valence-corrected chi connectivity index (χ4v) is 2.61. The number of carboxylic acids is 1. The number of carbonyl (C=O) groups is 2. The first-order valence-corrected chi connectivity index (χ1v) is 7.05. The van der Waals surface area contributed by atoms with E-state index in [1.165, 1.54) is 11.6 Å². The number of carbonyl (C=O) groups excluding carboxylic acids is 1. The van der Waals surface area contributed by atoms with Crippen molar-refractivity contribution in [1.82, 2.24) is 0 Å². The third kappa shape index (κ3) is 3.93. The first-order valence-electron chi connectivity index (χ1n) is 6.23. The molecule has 0 spiro atoms. The summed E-state index contributed by atoms with van der Waals surface area (Å²) in [4.78, 5) is 22.8. The van der Waals surface area contributed by atoms with E-state index in [0.29, 0.717) is 17.8 Å². The van der Waals surface area contributed by atoms with Gasteiger partial charge in [-0.2, -0.15) is 0 Å². The van der Waals surface area contributed by atoms with Crippen LogP contribution in [0.2, 0.25) is 0 Å². The summed E-state index contributed by atoms with van der Waals surface area (Å²) in [6.07, 6.45) is 1.05. The Bertz CT molecular complexity index is 634. The van der Waals surface area contributed by atoms with E-state index in [1.807, 2.05) is 25.1 Å². The maximum absolute atomic E-state index is 11.8. The van der Waals surface area contributed by atoms with Crippen molar-refractivity contribution in [3.63, 3.8) is 0 Å². The third-order valence-electron chi connectivity index (χ3n) is 2.80. The highest BCUT2D eigenvalue weighted by molar-refractivity contribution is 7.18. The quantitative estimate of drug-likeness (QED) is 0.887. The molecule has 2 rings (SSSR count). The van der Waals surface area contributed by atoms with Gasteiger partial charge in [-0.3, -0.25) is 4.79 Å². The van der Waals surface area contributed by atoms with Gasteiger partial charge < -0.3 is 10.4 Å². The van der Waals surface area contributed by atoms with Crippen molar-refractivity contribution >= 4 is 28.2 Å². The number of hydrogen-bond donors (Lipinski definition) is 2. The minimum atomic E-state index is -0.977. The molecular formula is C15H15NO3S. The predicted molar refractivity (Wildman–Crippen MR) is 79.4 cm³/mol. The van der Waals surface area contributed by atoms with Crippen LogP contribution in [0.3, 0.4) is 0 Å². The molecule has 5 heteroatoms. The van der Waals surface area contributed by atoms with Crippen molar-refractivity contribution in [3.8, 4) is 0 Å². The van der Waals surface area contributed by atoms with Crippen LogP contribution in [0.15, 0.2) is 36.4 Å². The molecule has 0 unspecified atom stereocenters. The SMILES string of the molecule is Cc1cccc(CCC(=O)Nc2ccc(C(=O)O)s2)c1. The molecule has 1 aromatic carbocycles. The Kier molecular flexibility index (Phi) is 4.53. The normalized spacial score (nSPS) is 10.2. The van der Waals surface area contributed by atoms with E-state index in [9.17, 15) is 9.59 Å². The van der Waals surface area contributed by atoms with Gasteiger partial charge in [-0.05, 0) is 31.0 Å². The number of nitrogens with one attached hydrogen (secondary N) is 1. The molecule has 20 heavy (non-hydrogen) atoms. The van der Waals surface area contributed by atoms with Gasteiger partial charge in [0.15, 0.2) is 0 Å². The number of amides is 1. The molecule has 4 nitrogen and oxygen atoms in total. The molecule has 0 fully saturated rings. The Morgan fingerprint density at radius 1 is 1.25 bits per heavy atom. The van der Waals surface area contributed by atoms with Crippen molar-refractivity contribution in [1.29, 1.82) is 0 Å². The summed E-state index contributed by atoms with van der Waals surface area (Å²) in [5, 5.41) is 12.1. The van der Waals surface area contributed by atoms with E-state index in [2.05, 4.69) is 11.4 Å². The van der Waals surface area contributed by atoms with E-state index < -0.39 is 5.97 Å². The number of anilines is 1. The zero-order valence-electron chi connectivity index (χ0n) is 11.1. The first kappa shape index (κ1) is 14.3. The van der Waals surface area contributed by atoms with Crippen molar-refractivity contribution in [3.05, 3.63) is 52.4 Å². The van der Waals surface area contributed by atoms with Crippen LogP contribution < -0.4 is 5.32 Å². The Hall–Kier alpha value is -2.14. The van der Waals surface area contributed by atoms with E-state index in [-0.39, 0.29) is 10.8 Å². The lowest BCUT2D eigenvalue weighted by molar-refractivity contribution is -0.116. The van der Waals surface area contributed by atoms with Gasteiger partial charge in [0, 0.05) is 6.42 Å². The number of benzene rings is 1. The van der Waals surface area contributed by atoms with Gasteiger partial charge in [0.05, 0.1) is 5.00 Å². The minimum Gasteiger partial charge on any atom is -0.477 e. The second-order valence-corrected chi connectivity index (χ2v) is 5.59. The largest absolute Gasteiger partial charge is 0.477 e. The average Bonchev–Trinajstić information content (AvgIpc) is 2.85. The number of aryl methyl sites for hydroxylation is 2. The molecule has 104 valence electrons. The first-order chi connectivity index (χ1) is 9.54. The van der Waals surface area contributed by atoms with Crippen molar-refractivity contribution in [2.24, 2.45) is 0 Å². The average molecular weight is 289 g/mol. The maximum Gasteiger partial charge on any atom is 0.345 e. The monoisotopic (exact) mass is 289 g/mol.